The molecule has 1 saturated heterocycles. The minimum absolute atomic E-state index is 0.0926. The van der Waals surface area contributed by atoms with Crippen LogP contribution in [0.5, 0.6) is 5.75 Å². The highest BCUT2D eigenvalue weighted by atomic mass is 16.5. The number of aromatic nitrogens is 3. The van der Waals surface area contributed by atoms with Crippen LogP contribution in [0.4, 0.5) is 16.3 Å². The maximum Gasteiger partial charge on any atom is 0.407 e. The van der Waals surface area contributed by atoms with Gasteiger partial charge in [-0.1, -0.05) is 20.8 Å². The van der Waals surface area contributed by atoms with Crippen LogP contribution in [0.3, 0.4) is 0 Å². The van der Waals surface area contributed by atoms with E-state index in [0.717, 1.165) is 16.8 Å². The Morgan fingerprint density at radius 2 is 1.83 bits per heavy atom. The standard InChI is InChI=1S/C26H32N6O4/c1-26(2,3)22-21(15-32(30-22)18-9-11-31(12-10-18)25(34)35)16-13-20(23(27)28-14-16)24(33)29-17-5-7-19(36-4)8-6-17/h5-8,13-15,18H,9-12H2,1-4H3,(H2,27,28)(H,29,33)(H,34,35). The summed E-state index contributed by atoms with van der Waals surface area (Å²) in [6, 6.07) is 8.86. The molecule has 10 heteroatoms. The maximum atomic E-state index is 13.1. The normalized spacial score (nSPS) is 14.5. The van der Waals surface area contributed by atoms with E-state index < -0.39 is 6.09 Å². The Balaban J connectivity index is 1.64. The van der Waals surface area contributed by atoms with Gasteiger partial charge >= 0.3 is 6.09 Å². The van der Waals surface area contributed by atoms with Crippen molar-refractivity contribution in [2.24, 2.45) is 0 Å². The molecule has 190 valence electrons. The number of nitrogens with one attached hydrogen (secondary N) is 1. The molecule has 1 aliphatic heterocycles. The third-order valence-electron chi connectivity index (χ3n) is 6.37. The molecular weight excluding hydrogens is 460 g/mol. The van der Waals surface area contributed by atoms with Crippen LogP contribution in [0.15, 0.2) is 42.7 Å². The smallest absolute Gasteiger partial charge is 0.407 e. The summed E-state index contributed by atoms with van der Waals surface area (Å²) in [4.78, 5) is 30.1. The van der Waals surface area contributed by atoms with Crippen molar-refractivity contribution in [3.63, 3.8) is 0 Å². The Hall–Kier alpha value is -4.08. The molecule has 0 bridgehead atoms. The number of methoxy groups -OCH3 is 1. The van der Waals surface area contributed by atoms with Gasteiger partial charge in [-0.2, -0.15) is 5.10 Å². The van der Waals surface area contributed by atoms with Gasteiger partial charge in [-0.3, -0.25) is 9.48 Å². The van der Waals surface area contributed by atoms with Gasteiger partial charge in [-0.15, -0.1) is 0 Å². The second-order valence-corrected chi connectivity index (χ2v) is 9.96. The Labute approximate surface area is 210 Å². The Kier molecular flexibility index (Phi) is 6.87. The summed E-state index contributed by atoms with van der Waals surface area (Å²) in [5.41, 5.74) is 9.18. The zero-order valence-corrected chi connectivity index (χ0v) is 21.0. The number of nitrogen functional groups attached to an aromatic ring is 1. The molecule has 4 rings (SSSR count). The number of amides is 2. The second kappa shape index (κ2) is 9.88. The molecule has 0 radical (unpaired) electrons. The van der Waals surface area contributed by atoms with Crippen LogP contribution in [0.25, 0.3) is 11.1 Å². The Morgan fingerprint density at radius 3 is 2.42 bits per heavy atom. The van der Waals surface area contributed by atoms with Crippen molar-refractivity contribution in [2.45, 2.75) is 45.1 Å². The number of carboxylic acid groups (broad SMARTS) is 1. The molecule has 0 atom stereocenters. The van der Waals surface area contributed by atoms with Crippen LogP contribution in [0.2, 0.25) is 0 Å². The summed E-state index contributed by atoms with van der Waals surface area (Å²) in [5.74, 6) is 0.463. The lowest BCUT2D eigenvalue weighted by molar-refractivity contribution is 0.102. The van der Waals surface area contributed by atoms with Crippen LogP contribution in [-0.4, -0.2) is 57.0 Å². The van der Waals surface area contributed by atoms with E-state index >= 15 is 0 Å². The number of nitrogens with two attached hydrogens (primary N) is 1. The van der Waals surface area contributed by atoms with Gasteiger partial charge in [0.1, 0.15) is 11.6 Å². The molecule has 0 spiro atoms. The fourth-order valence-corrected chi connectivity index (χ4v) is 4.34. The van der Waals surface area contributed by atoms with Gasteiger partial charge in [0.15, 0.2) is 0 Å². The first-order valence-electron chi connectivity index (χ1n) is 11.9. The van der Waals surface area contributed by atoms with Crippen molar-refractivity contribution < 1.29 is 19.4 Å². The van der Waals surface area contributed by atoms with E-state index in [-0.39, 0.29) is 28.7 Å². The fourth-order valence-electron chi connectivity index (χ4n) is 4.34. The Morgan fingerprint density at radius 1 is 1.17 bits per heavy atom. The van der Waals surface area contributed by atoms with Crippen molar-refractivity contribution in [3.8, 4) is 16.9 Å². The van der Waals surface area contributed by atoms with Crippen LogP contribution in [-0.2, 0) is 5.41 Å². The number of carbonyl (C=O) groups is 2. The summed E-state index contributed by atoms with van der Waals surface area (Å²) >= 11 is 0. The molecule has 3 heterocycles. The minimum atomic E-state index is -0.890. The molecule has 4 N–H and O–H groups in total. The largest absolute Gasteiger partial charge is 0.497 e. The number of carbonyl (C=O) groups excluding carboxylic acids is 1. The van der Waals surface area contributed by atoms with Crippen LogP contribution < -0.4 is 15.8 Å². The van der Waals surface area contributed by atoms with Crippen LogP contribution >= 0.6 is 0 Å². The summed E-state index contributed by atoms with van der Waals surface area (Å²) in [6.45, 7) is 7.19. The molecule has 2 aromatic heterocycles. The number of ether oxygens (including phenoxy) is 1. The zero-order valence-electron chi connectivity index (χ0n) is 21.0. The first-order valence-corrected chi connectivity index (χ1v) is 11.9. The number of rotatable bonds is 5. The number of pyridine rings is 1. The molecule has 2 amide bonds. The van der Waals surface area contributed by atoms with Gasteiger partial charge in [0, 0.05) is 47.7 Å². The lowest BCUT2D eigenvalue weighted by Gasteiger charge is -2.30. The first kappa shape index (κ1) is 25.0. The predicted octanol–water partition coefficient (Wildman–Crippen LogP) is 4.40. The monoisotopic (exact) mass is 492 g/mol. The number of nitrogens with zero attached hydrogens (tertiary/aromatic N) is 4. The lowest BCUT2D eigenvalue weighted by Crippen LogP contribution is -2.38. The quantitative estimate of drug-likeness (QED) is 0.480. The number of hydrogen-bond acceptors (Lipinski definition) is 6. The summed E-state index contributed by atoms with van der Waals surface area (Å²) in [6.07, 6.45) is 4.11. The number of anilines is 2. The third-order valence-corrected chi connectivity index (χ3v) is 6.37. The molecule has 3 aromatic rings. The molecule has 0 aliphatic carbocycles. The fraction of sp³-hybridized carbons (Fsp3) is 0.385. The van der Waals surface area contributed by atoms with E-state index in [9.17, 15) is 14.7 Å². The number of likely N-dealkylation sites (tertiary alicyclic amines) is 1. The number of benzene rings is 1. The molecule has 0 saturated carbocycles. The van der Waals surface area contributed by atoms with Crippen LogP contribution in [0.1, 0.15) is 55.7 Å². The molecular formula is C26H32N6O4. The highest BCUT2D eigenvalue weighted by molar-refractivity contribution is 6.07. The molecule has 0 unspecified atom stereocenters. The maximum absolute atomic E-state index is 13.1. The van der Waals surface area contributed by atoms with E-state index in [4.69, 9.17) is 15.6 Å². The highest BCUT2D eigenvalue weighted by Crippen LogP contribution is 2.35. The van der Waals surface area contributed by atoms with E-state index in [2.05, 4.69) is 31.1 Å². The molecule has 1 aromatic carbocycles. The van der Waals surface area contributed by atoms with Gasteiger partial charge in [0.05, 0.1) is 24.4 Å². The van der Waals surface area contributed by atoms with E-state index in [1.54, 1.807) is 43.6 Å². The van der Waals surface area contributed by atoms with Crippen molar-refractivity contribution in [1.82, 2.24) is 19.7 Å². The molecule has 10 nitrogen and oxygen atoms in total. The van der Waals surface area contributed by atoms with Gasteiger partial charge in [0.25, 0.3) is 5.91 Å². The number of hydrogen-bond donors (Lipinski definition) is 3. The van der Waals surface area contributed by atoms with Crippen LogP contribution in [0, 0.1) is 0 Å². The van der Waals surface area contributed by atoms with Crippen molar-refractivity contribution >= 4 is 23.5 Å². The first-order chi connectivity index (χ1) is 17.1. The van der Waals surface area contributed by atoms with Gasteiger partial charge in [0.2, 0.25) is 0 Å². The zero-order chi connectivity index (χ0) is 26.0. The van der Waals surface area contributed by atoms with E-state index in [0.29, 0.717) is 37.4 Å². The van der Waals surface area contributed by atoms with E-state index in [1.165, 1.54) is 4.90 Å². The van der Waals surface area contributed by atoms with Crippen molar-refractivity contribution in [2.75, 3.05) is 31.2 Å². The van der Waals surface area contributed by atoms with E-state index in [1.807, 2.05) is 10.9 Å². The average Bonchev–Trinajstić information content (AvgIpc) is 3.31. The Bertz CT molecular complexity index is 1250. The lowest BCUT2D eigenvalue weighted by atomic mass is 9.87. The van der Waals surface area contributed by atoms with Gasteiger partial charge in [-0.25, -0.2) is 9.78 Å². The molecule has 1 fully saturated rings. The third kappa shape index (κ3) is 5.27. The summed E-state index contributed by atoms with van der Waals surface area (Å²) < 4.78 is 7.10. The summed E-state index contributed by atoms with van der Waals surface area (Å²) in [5, 5.41) is 17.0. The van der Waals surface area contributed by atoms with Crippen molar-refractivity contribution in [1.29, 1.82) is 0 Å². The average molecular weight is 493 g/mol. The highest BCUT2D eigenvalue weighted by Gasteiger charge is 2.29. The predicted molar refractivity (Wildman–Crippen MR) is 137 cm³/mol. The summed E-state index contributed by atoms with van der Waals surface area (Å²) in [7, 11) is 1.58. The van der Waals surface area contributed by atoms with Gasteiger partial charge < -0.3 is 25.8 Å². The minimum Gasteiger partial charge on any atom is -0.497 e. The topological polar surface area (TPSA) is 136 Å². The van der Waals surface area contributed by atoms with Crippen molar-refractivity contribution in [3.05, 3.63) is 54.0 Å². The number of piperidine rings is 1. The second-order valence-electron chi connectivity index (χ2n) is 9.96. The van der Waals surface area contributed by atoms with Gasteiger partial charge in [-0.05, 0) is 43.2 Å². The molecule has 36 heavy (non-hydrogen) atoms. The molecule has 1 aliphatic rings. The SMILES string of the molecule is COc1ccc(NC(=O)c2cc(-c3cn(C4CCN(C(=O)O)CC4)nc3C(C)(C)C)cnc2N)cc1.